The molecule has 1 aliphatic heterocycles. The molecule has 0 spiro atoms. The number of piperazine rings is 1. The molecule has 0 atom stereocenters. The molecule has 144 valence electrons. The molecule has 0 aliphatic carbocycles. The molecule has 6 heteroatoms. The van der Waals surface area contributed by atoms with Crippen LogP contribution in [0, 0.1) is 0 Å². The first kappa shape index (κ1) is 20.6. The molecule has 0 amide bonds. The van der Waals surface area contributed by atoms with Gasteiger partial charge in [0.1, 0.15) is 6.54 Å². The number of nitrogens with one attached hydrogen (secondary N) is 2. The highest BCUT2D eigenvalue weighted by atomic mass is 32.1. The minimum atomic E-state index is -0.170. The van der Waals surface area contributed by atoms with Crippen molar-refractivity contribution in [1.29, 1.82) is 0 Å². The first-order valence-electron chi connectivity index (χ1n) is 9.51. The molecule has 1 aliphatic rings. The monoisotopic (exact) mass is 378 g/mol. The summed E-state index contributed by atoms with van der Waals surface area (Å²) >= 11 is 5.48. The summed E-state index contributed by atoms with van der Waals surface area (Å²) in [4.78, 5) is 14.9. The Kier molecular flexibility index (Phi) is 8.32. The zero-order chi connectivity index (χ0) is 18.9. The average molecular weight is 379 g/mol. The van der Waals surface area contributed by atoms with Gasteiger partial charge in [-0.25, -0.2) is 0 Å². The van der Waals surface area contributed by atoms with E-state index in [0.717, 1.165) is 44.3 Å². The second-order valence-corrected chi connectivity index (χ2v) is 7.61. The van der Waals surface area contributed by atoms with Crippen molar-refractivity contribution in [2.24, 2.45) is 0 Å². The number of benzene rings is 1. The number of rotatable bonds is 7. The summed E-state index contributed by atoms with van der Waals surface area (Å²) in [5.41, 5.74) is 2.80. The molecule has 0 bridgehead atoms. The van der Waals surface area contributed by atoms with Gasteiger partial charge in [0.25, 0.3) is 0 Å². The van der Waals surface area contributed by atoms with Crippen molar-refractivity contribution < 1.29 is 14.4 Å². The zero-order valence-corrected chi connectivity index (χ0v) is 17.0. The number of hydrogen-bond acceptors (Lipinski definition) is 3. The van der Waals surface area contributed by atoms with Gasteiger partial charge in [-0.05, 0) is 30.1 Å². The van der Waals surface area contributed by atoms with Gasteiger partial charge in [-0.1, -0.05) is 38.1 Å². The van der Waals surface area contributed by atoms with Gasteiger partial charge in [-0.15, -0.1) is 0 Å². The Labute approximate surface area is 162 Å². The Morgan fingerprint density at radius 1 is 1.27 bits per heavy atom. The molecule has 0 radical (unpaired) electrons. The largest absolute Gasteiger partial charge is 0.469 e. The smallest absolute Gasteiger partial charge is 0.305 e. The van der Waals surface area contributed by atoms with Crippen LogP contribution in [-0.4, -0.2) is 55.8 Å². The number of methoxy groups -OCH3 is 1. The first-order valence-corrected chi connectivity index (χ1v) is 9.92. The summed E-state index contributed by atoms with van der Waals surface area (Å²) in [7, 11) is 1.42. The van der Waals surface area contributed by atoms with E-state index in [-0.39, 0.29) is 5.97 Å². The summed E-state index contributed by atoms with van der Waals surface area (Å²) in [5.74, 6) is 0.414. The van der Waals surface area contributed by atoms with E-state index in [1.165, 1.54) is 18.2 Å². The Morgan fingerprint density at radius 3 is 2.50 bits per heavy atom. The van der Waals surface area contributed by atoms with Crippen LogP contribution in [0.4, 0.5) is 0 Å². The Hall–Kier alpha value is -1.66. The lowest BCUT2D eigenvalue weighted by Crippen LogP contribution is -3.13. The second-order valence-electron chi connectivity index (χ2n) is 7.22. The Morgan fingerprint density at radius 2 is 1.92 bits per heavy atom. The number of quaternary nitrogens is 1. The van der Waals surface area contributed by atoms with Crippen molar-refractivity contribution in [3.8, 4) is 0 Å². The minimum absolute atomic E-state index is 0.170. The van der Waals surface area contributed by atoms with Crippen LogP contribution in [0.1, 0.15) is 43.7 Å². The molecule has 1 fully saturated rings. The van der Waals surface area contributed by atoms with E-state index in [0.29, 0.717) is 18.9 Å². The maximum Gasteiger partial charge on any atom is 0.305 e. The van der Waals surface area contributed by atoms with Gasteiger partial charge in [0, 0.05) is 18.5 Å². The van der Waals surface area contributed by atoms with E-state index in [4.69, 9.17) is 12.2 Å². The SMILES string of the molecule is COC(=O)CCCNC(=S)N1CC[NH+](Cc2ccc(C(C)C)cc2)CC1. The third-order valence-corrected chi connectivity index (χ3v) is 5.32. The second kappa shape index (κ2) is 10.5. The average Bonchev–Trinajstić information content (AvgIpc) is 2.65. The predicted octanol–water partition coefficient (Wildman–Crippen LogP) is 1.34. The van der Waals surface area contributed by atoms with Gasteiger partial charge in [0.2, 0.25) is 0 Å². The van der Waals surface area contributed by atoms with E-state index < -0.39 is 0 Å². The lowest BCUT2D eigenvalue weighted by Gasteiger charge is -2.34. The molecule has 2 rings (SSSR count). The van der Waals surface area contributed by atoms with Gasteiger partial charge in [-0.3, -0.25) is 4.79 Å². The maximum absolute atomic E-state index is 11.1. The number of carbonyl (C=O) groups excluding carboxylic acids is 1. The molecule has 0 unspecified atom stereocenters. The predicted molar refractivity (Wildman–Crippen MR) is 108 cm³/mol. The first-order chi connectivity index (χ1) is 12.5. The summed E-state index contributed by atoms with van der Waals surface area (Å²) in [5, 5.41) is 4.05. The van der Waals surface area contributed by atoms with Crippen molar-refractivity contribution >= 4 is 23.3 Å². The van der Waals surface area contributed by atoms with E-state index >= 15 is 0 Å². The van der Waals surface area contributed by atoms with Crippen LogP contribution in [0.25, 0.3) is 0 Å². The van der Waals surface area contributed by atoms with Crippen LogP contribution >= 0.6 is 12.2 Å². The third kappa shape index (κ3) is 6.57. The number of ether oxygens (including phenoxy) is 1. The molecule has 0 saturated carbocycles. The van der Waals surface area contributed by atoms with Gasteiger partial charge in [0.15, 0.2) is 5.11 Å². The molecular formula is C20H32N3O2S+. The van der Waals surface area contributed by atoms with Gasteiger partial charge >= 0.3 is 5.97 Å². The van der Waals surface area contributed by atoms with E-state index in [1.807, 2.05) is 0 Å². The Bertz CT molecular complexity index is 581. The van der Waals surface area contributed by atoms with Crippen LogP contribution in [0.15, 0.2) is 24.3 Å². The van der Waals surface area contributed by atoms with Crippen molar-refractivity contribution in [2.45, 2.75) is 39.2 Å². The lowest BCUT2D eigenvalue weighted by molar-refractivity contribution is -0.917. The molecule has 1 saturated heterocycles. The molecular weight excluding hydrogens is 346 g/mol. The minimum Gasteiger partial charge on any atom is -0.469 e. The van der Waals surface area contributed by atoms with Crippen LogP contribution < -0.4 is 10.2 Å². The summed E-state index contributed by atoms with van der Waals surface area (Å²) in [6.45, 7) is 10.4. The van der Waals surface area contributed by atoms with E-state index in [2.05, 4.69) is 53.1 Å². The maximum atomic E-state index is 11.1. The highest BCUT2D eigenvalue weighted by Crippen LogP contribution is 2.14. The highest BCUT2D eigenvalue weighted by molar-refractivity contribution is 7.80. The van der Waals surface area contributed by atoms with Crippen LogP contribution in [-0.2, 0) is 16.1 Å². The fraction of sp³-hybridized carbons (Fsp3) is 0.600. The lowest BCUT2D eigenvalue weighted by atomic mass is 10.0. The standard InChI is InChI=1S/C20H31N3O2S/c1-16(2)18-8-6-17(7-9-18)15-22-11-13-23(14-12-22)20(26)21-10-4-5-19(24)25-3/h6-9,16H,4-5,10-15H2,1-3H3,(H,21,26)/p+1. The van der Waals surface area contributed by atoms with E-state index in [9.17, 15) is 4.79 Å². The number of esters is 1. The molecule has 5 nitrogen and oxygen atoms in total. The van der Waals surface area contributed by atoms with Gasteiger partial charge < -0.3 is 19.9 Å². The summed E-state index contributed by atoms with van der Waals surface area (Å²) < 4.78 is 4.64. The molecule has 1 aromatic rings. The molecule has 26 heavy (non-hydrogen) atoms. The normalized spacial score (nSPS) is 15.2. The van der Waals surface area contributed by atoms with Crippen LogP contribution in [0.3, 0.4) is 0 Å². The van der Waals surface area contributed by atoms with Crippen molar-refractivity contribution in [2.75, 3.05) is 39.8 Å². The van der Waals surface area contributed by atoms with Crippen molar-refractivity contribution in [1.82, 2.24) is 10.2 Å². The highest BCUT2D eigenvalue weighted by Gasteiger charge is 2.21. The van der Waals surface area contributed by atoms with E-state index in [1.54, 1.807) is 4.90 Å². The summed E-state index contributed by atoms with van der Waals surface area (Å²) in [6, 6.07) is 9.04. The van der Waals surface area contributed by atoms with Gasteiger partial charge in [-0.2, -0.15) is 0 Å². The summed E-state index contributed by atoms with van der Waals surface area (Å²) in [6.07, 6.45) is 1.17. The fourth-order valence-corrected chi connectivity index (χ4v) is 3.44. The number of carbonyl (C=O) groups is 1. The number of nitrogens with zero attached hydrogens (tertiary/aromatic N) is 1. The molecule has 2 N–H and O–H groups in total. The molecule has 0 aromatic heterocycles. The van der Waals surface area contributed by atoms with Crippen LogP contribution in [0.5, 0.6) is 0 Å². The zero-order valence-electron chi connectivity index (χ0n) is 16.2. The molecule has 1 heterocycles. The third-order valence-electron chi connectivity index (χ3n) is 4.92. The topological polar surface area (TPSA) is 46.0 Å². The number of hydrogen-bond donors (Lipinski definition) is 2. The van der Waals surface area contributed by atoms with Crippen molar-refractivity contribution in [3.63, 3.8) is 0 Å². The number of thiocarbonyl (C=S) groups is 1. The van der Waals surface area contributed by atoms with Gasteiger partial charge in [0.05, 0.1) is 33.3 Å². The van der Waals surface area contributed by atoms with Crippen molar-refractivity contribution in [3.05, 3.63) is 35.4 Å². The fourth-order valence-electron chi connectivity index (χ4n) is 3.15. The quantitative estimate of drug-likeness (QED) is 0.426. The Balaban J connectivity index is 1.68. The van der Waals surface area contributed by atoms with Crippen LogP contribution in [0.2, 0.25) is 0 Å². The molecule has 1 aromatic carbocycles.